The van der Waals surface area contributed by atoms with E-state index in [-0.39, 0.29) is 27.4 Å². The zero-order valence-corrected chi connectivity index (χ0v) is 23.5. The molecule has 0 saturated carbocycles. The normalized spacial score (nSPS) is 17.5. The Labute approximate surface area is 250 Å². The molecule has 4 aromatic rings. The van der Waals surface area contributed by atoms with E-state index in [9.17, 15) is 24.2 Å². The number of aliphatic hydroxyl groups is 2. The van der Waals surface area contributed by atoms with Gasteiger partial charge in [-0.15, -0.1) is 0 Å². The van der Waals surface area contributed by atoms with Crippen LogP contribution in [0.1, 0.15) is 32.7 Å². The van der Waals surface area contributed by atoms with E-state index in [0.29, 0.717) is 22.6 Å². The molecular weight excluding hydrogens is 585 g/mol. The minimum atomic E-state index is -3.76. The van der Waals surface area contributed by atoms with E-state index >= 15 is 8.78 Å². The second-order valence-electron chi connectivity index (χ2n) is 10.0. The van der Waals surface area contributed by atoms with E-state index < -0.39 is 48.7 Å². The van der Waals surface area contributed by atoms with Crippen molar-refractivity contribution in [3.8, 4) is 16.9 Å². The first-order chi connectivity index (χ1) is 20.5. The number of benzene rings is 4. The fourth-order valence-electron chi connectivity index (χ4n) is 5.12. The third-order valence-corrected chi connectivity index (χ3v) is 7.67. The van der Waals surface area contributed by atoms with Crippen LogP contribution < -0.4 is 15.0 Å². The predicted octanol–water partition coefficient (Wildman–Crippen LogP) is 6.27. The average Bonchev–Trinajstić information content (AvgIpc) is 3.09. The number of aliphatic hydroxyl groups excluding tert-OH is 1. The standard InChI is InChI=1S/C32H26ClF3N2O5/c1-43-28-5-3-2-4-24(28)23-12-9-21(34)17-25(23)29(40)37-22-10-6-19(7-11-22)30(41)38-15-14-32(35,36)31(42,18-39)26-16-20(33)8-13-27(26)38/h2-13,16-17,39,42H,14-15,18H2,1H3,(H,37,40)/t31-/m0/s1. The molecule has 1 aliphatic rings. The fourth-order valence-corrected chi connectivity index (χ4v) is 5.29. The predicted molar refractivity (Wildman–Crippen MR) is 156 cm³/mol. The third-order valence-electron chi connectivity index (χ3n) is 7.44. The molecule has 0 unspecified atom stereocenters. The Kier molecular flexibility index (Phi) is 8.20. The summed E-state index contributed by atoms with van der Waals surface area (Å²) in [6, 6.07) is 20.4. The summed E-state index contributed by atoms with van der Waals surface area (Å²) >= 11 is 6.02. The molecule has 43 heavy (non-hydrogen) atoms. The molecule has 7 nitrogen and oxygen atoms in total. The minimum Gasteiger partial charge on any atom is -0.496 e. The Morgan fingerprint density at radius 2 is 1.72 bits per heavy atom. The highest BCUT2D eigenvalue weighted by Crippen LogP contribution is 2.47. The maximum absolute atomic E-state index is 15.0. The van der Waals surface area contributed by atoms with Gasteiger partial charge in [-0.1, -0.05) is 35.9 Å². The maximum Gasteiger partial charge on any atom is 0.284 e. The van der Waals surface area contributed by atoms with Gasteiger partial charge in [0.05, 0.1) is 25.0 Å². The summed E-state index contributed by atoms with van der Waals surface area (Å²) in [6.45, 7) is -1.74. The molecule has 222 valence electrons. The Balaban J connectivity index is 1.42. The molecule has 0 spiro atoms. The first-order valence-electron chi connectivity index (χ1n) is 13.2. The van der Waals surface area contributed by atoms with Crippen LogP contribution in [0.15, 0.2) is 84.9 Å². The molecule has 1 aliphatic heterocycles. The largest absolute Gasteiger partial charge is 0.496 e. The molecule has 1 atom stereocenters. The second kappa shape index (κ2) is 11.7. The molecule has 11 heteroatoms. The Morgan fingerprint density at radius 1 is 1.00 bits per heavy atom. The number of fused-ring (bicyclic) bond motifs is 1. The van der Waals surface area contributed by atoms with Crippen LogP contribution in [0.2, 0.25) is 5.02 Å². The van der Waals surface area contributed by atoms with Crippen LogP contribution in [0.4, 0.5) is 24.5 Å². The molecule has 0 aliphatic carbocycles. The number of carbonyl (C=O) groups excluding carboxylic acids is 2. The Hall–Kier alpha value is -4.38. The van der Waals surface area contributed by atoms with Gasteiger partial charge < -0.3 is 25.2 Å². The van der Waals surface area contributed by atoms with Crippen molar-refractivity contribution in [1.29, 1.82) is 0 Å². The SMILES string of the molecule is COc1ccccc1-c1ccc(F)cc1C(=O)Nc1ccc(C(=O)N2CCC(F)(F)[C@](O)(CO)c3cc(Cl)ccc32)cc1. The van der Waals surface area contributed by atoms with Crippen LogP contribution in [0, 0.1) is 5.82 Å². The molecule has 2 amide bonds. The number of ether oxygens (including phenoxy) is 1. The van der Waals surface area contributed by atoms with Crippen LogP contribution >= 0.6 is 11.6 Å². The number of para-hydroxylation sites is 1. The van der Waals surface area contributed by atoms with E-state index in [4.69, 9.17) is 16.3 Å². The lowest BCUT2D eigenvalue weighted by molar-refractivity contribution is -0.205. The van der Waals surface area contributed by atoms with Gasteiger partial charge in [0.2, 0.25) is 0 Å². The van der Waals surface area contributed by atoms with Gasteiger partial charge in [0.25, 0.3) is 17.7 Å². The topological polar surface area (TPSA) is 99.1 Å². The summed E-state index contributed by atoms with van der Waals surface area (Å²) in [4.78, 5) is 27.9. The first kappa shape index (κ1) is 30.1. The molecule has 0 saturated heterocycles. The van der Waals surface area contributed by atoms with Crippen LogP contribution in [0.25, 0.3) is 11.1 Å². The van der Waals surface area contributed by atoms with Crippen molar-refractivity contribution in [3.05, 3.63) is 112 Å². The van der Waals surface area contributed by atoms with Crippen molar-refractivity contribution >= 4 is 34.8 Å². The highest BCUT2D eigenvalue weighted by atomic mass is 35.5. The molecule has 0 radical (unpaired) electrons. The summed E-state index contributed by atoms with van der Waals surface area (Å²) in [7, 11) is 1.49. The van der Waals surface area contributed by atoms with Crippen molar-refractivity contribution in [2.24, 2.45) is 0 Å². The number of nitrogens with zero attached hydrogens (tertiary/aromatic N) is 1. The molecule has 3 N–H and O–H groups in total. The smallest absolute Gasteiger partial charge is 0.284 e. The minimum absolute atomic E-state index is 0.0181. The van der Waals surface area contributed by atoms with Crippen molar-refractivity contribution < 1.29 is 37.7 Å². The Morgan fingerprint density at radius 3 is 2.42 bits per heavy atom. The highest BCUT2D eigenvalue weighted by molar-refractivity contribution is 6.30. The second-order valence-corrected chi connectivity index (χ2v) is 10.4. The summed E-state index contributed by atoms with van der Waals surface area (Å²) in [5.41, 5.74) is -1.84. The van der Waals surface area contributed by atoms with Crippen molar-refractivity contribution in [2.75, 3.05) is 30.5 Å². The lowest BCUT2D eigenvalue weighted by Crippen LogP contribution is -2.48. The lowest BCUT2D eigenvalue weighted by Gasteiger charge is -2.33. The van der Waals surface area contributed by atoms with Gasteiger partial charge in [-0.3, -0.25) is 9.59 Å². The molecule has 4 aromatic carbocycles. The number of anilines is 2. The number of hydrogen-bond donors (Lipinski definition) is 3. The van der Waals surface area contributed by atoms with E-state index in [1.165, 1.54) is 55.6 Å². The zero-order chi connectivity index (χ0) is 30.9. The van der Waals surface area contributed by atoms with Gasteiger partial charge in [-0.05, 0) is 66.2 Å². The van der Waals surface area contributed by atoms with Crippen molar-refractivity contribution in [2.45, 2.75) is 17.9 Å². The summed E-state index contributed by atoms with van der Waals surface area (Å²) in [5, 5.41) is 23.3. The van der Waals surface area contributed by atoms with E-state index in [1.807, 2.05) is 0 Å². The number of methoxy groups -OCH3 is 1. The molecule has 0 bridgehead atoms. The molecule has 5 rings (SSSR count). The van der Waals surface area contributed by atoms with Gasteiger partial charge >= 0.3 is 0 Å². The van der Waals surface area contributed by atoms with E-state index in [2.05, 4.69) is 5.32 Å². The van der Waals surface area contributed by atoms with Gasteiger partial charge in [0, 0.05) is 40.4 Å². The number of rotatable bonds is 6. The average molecular weight is 611 g/mol. The van der Waals surface area contributed by atoms with Gasteiger partial charge in [-0.25, -0.2) is 13.2 Å². The number of amides is 2. The van der Waals surface area contributed by atoms with Crippen LogP contribution in [0.3, 0.4) is 0 Å². The number of alkyl halides is 2. The summed E-state index contributed by atoms with van der Waals surface area (Å²) in [6.07, 6.45) is -0.918. The molecule has 1 heterocycles. The molecule has 0 fully saturated rings. The fraction of sp³-hybridized carbons (Fsp3) is 0.188. The number of hydrogen-bond acceptors (Lipinski definition) is 5. The van der Waals surface area contributed by atoms with E-state index in [0.717, 1.165) is 17.0 Å². The van der Waals surface area contributed by atoms with Gasteiger partial charge in [-0.2, -0.15) is 0 Å². The van der Waals surface area contributed by atoms with Crippen molar-refractivity contribution in [3.63, 3.8) is 0 Å². The number of halogens is 4. The van der Waals surface area contributed by atoms with Gasteiger partial charge in [0.1, 0.15) is 11.6 Å². The molecular formula is C32H26ClF3N2O5. The van der Waals surface area contributed by atoms with Gasteiger partial charge in [0.15, 0.2) is 5.60 Å². The monoisotopic (exact) mass is 610 g/mol. The zero-order valence-electron chi connectivity index (χ0n) is 22.8. The molecule has 0 aromatic heterocycles. The highest BCUT2D eigenvalue weighted by Gasteiger charge is 2.56. The van der Waals surface area contributed by atoms with Crippen LogP contribution in [-0.2, 0) is 5.60 Å². The maximum atomic E-state index is 15.0. The first-order valence-corrected chi connectivity index (χ1v) is 13.5. The van der Waals surface area contributed by atoms with Crippen LogP contribution in [-0.4, -0.2) is 48.2 Å². The Bertz CT molecular complexity index is 1700. The summed E-state index contributed by atoms with van der Waals surface area (Å²) < 4.78 is 49.6. The van der Waals surface area contributed by atoms with Crippen LogP contribution in [0.5, 0.6) is 5.75 Å². The van der Waals surface area contributed by atoms with E-state index in [1.54, 1.807) is 24.3 Å². The quantitative estimate of drug-likeness (QED) is 0.239. The number of nitrogens with one attached hydrogen (secondary N) is 1. The summed E-state index contributed by atoms with van der Waals surface area (Å²) in [5.74, 6) is -5.13. The number of carbonyl (C=O) groups is 2. The lowest BCUT2D eigenvalue weighted by atomic mass is 9.86. The van der Waals surface area contributed by atoms with Crippen molar-refractivity contribution in [1.82, 2.24) is 0 Å². The third kappa shape index (κ3) is 5.56.